The number of aryl methyl sites for hydroxylation is 2. The molecule has 118 valence electrons. The van der Waals surface area contributed by atoms with Crippen LogP contribution in [0.5, 0.6) is 5.75 Å². The molecule has 1 saturated heterocycles. The van der Waals surface area contributed by atoms with Crippen molar-refractivity contribution in [1.29, 1.82) is 0 Å². The van der Waals surface area contributed by atoms with Gasteiger partial charge >= 0.3 is 0 Å². The lowest BCUT2D eigenvalue weighted by Crippen LogP contribution is -2.57. The van der Waals surface area contributed by atoms with Crippen LogP contribution in [0.1, 0.15) is 25.2 Å². The van der Waals surface area contributed by atoms with Gasteiger partial charge in [0.05, 0.1) is 0 Å². The van der Waals surface area contributed by atoms with Gasteiger partial charge in [-0.2, -0.15) is 0 Å². The monoisotopic (exact) mass is 299 g/mol. The van der Waals surface area contributed by atoms with Gasteiger partial charge in [-0.3, -0.25) is 4.90 Å². The molecule has 0 amide bonds. The highest BCUT2D eigenvalue weighted by Crippen LogP contribution is 2.21. The predicted molar refractivity (Wildman–Crippen MR) is 88.2 cm³/mol. The van der Waals surface area contributed by atoms with Crippen LogP contribution < -0.4 is 4.74 Å². The molecule has 2 heterocycles. The fourth-order valence-corrected chi connectivity index (χ4v) is 2.93. The van der Waals surface area contributed by atoms with E-state index < -0.39 is 0 Å². The molecule has 0 spiro atoms. The van der Waals surface area contributed by atoms with E-state index in [1.807, 2.05) is 6.20 Å². The van der Waals surface area contributed by atoms with Crippen molar-refractivity contribution < 1.29 is 4.74 Å². The Morgan fingerprint density at radius 3 is 2.68 bits per heavy atom. The highest BCUT2D eigenvalue weighted by Gasteiger charge is 2.32. The SMILES string of the molecule is CCc1nccn1CC(C)N1CC(Oc2ccc(C)cc2)C1. The lowest BCUT2D eigenvalue weighted by atomic mass is 10.1. The van der Waals surface area contributed by atoms with E-state index in [1.165, 1.54) is 11.4 Å². The molecule has 1 aromatic carbocycles. The number of aromatic nitrogens is 2. The van der Waals surface area contributed by atoms with E-state index >= 15 is 0 Å². The van der Waals surface area contributed by atoms with Crippen molar-refractivity contribution in [3.63, 3.8) is 0 Å². The molecule has 4 heteroatoms. The summed E-state index contributed by atoms with van der Waals surface area (Å²) in [5.74, 6) is 2.14. The van der Waals surface area contributed by atoms with Crippen LogP contribution in [0.25, 0.3) is 0 Å². The fraction of sp³-hybridized carbons (Fsp3) is 0.500. The second-order valence-electron chi connectivity index (χ2n) is 6.21. The quantitative estimate of drug-likeness (QED) is 0.821. The summed E-state index contributed by atoms with van der Waals surface area (Å²) in [7, 11) is 0. The van der Waals surface area contributed by atoms with Gasteiger partial charge in [0.2, 0.25) is 0 Å². The van der Waals surface area contributed by atoms with E-state index in [4.69, 9.17) is 4.74 Å². The number of imidazole rings is 1. The Morgan fingerprint density at radius 2 is 2.00 bits per heavy atom. The second kappa shape index (κ2) is 6.53. The summed E-state index contributed by atoms with van der Waals surface area (Å²) in [6, 6.07) is 8.82. The van der Waals surface area contributed by atoms with Crippen molar-refractivity contribution >= 4 is 0 Å². The largest absolute Gasteiger partial charge is 0.488 e. The van der Waals surface area contributed by atoms with Crippen LogP contribution in [0.4, 0.5) is 0 Å². The van der Waals surface area contributed by atoms with Crippen molar-refractivity contribution in [2.45, 2.75) is 45.9 Å². The van der Waals surface area contributed by atoms with Crippen LogP contribution in [-0.2, 0) is 13.0 Å². The van der Waals surface area contributed by atoms with Gasteiger partial charge in [-0.05, 0) is 26.0 Å². The van der Waals surface area contributed by atoms with Gasteiger partial charge in [-0.25, -0.2) is 4.98 Å². The van der Waals surface area contributed by atoms with E-state index in [-0.39, 0.29) is 0 Å². The van der Waals surface area contributed by atoms with Crippen molar-refractivity contribution in [2.24, 2.45) is 0 Å². The second-order valence-corrected chi connectivity index (χ2v) is 6.21. The summed E-state index contributed by atoms with van der Waals surface area (Å²) in [6.45, 7) is 9.54. The maximum Gasteiger partial charge on any atom is 0.124 e. The van der Waals surface area contributed by atoms with Gasteiger partial charge in [0.1, 0.15) is 17.7 Å². The number of likely N-dealkylation sites (tertiary alicyclic amines) is 1. The topological polar surface area (TPSA) is 30.3 Å². The molecule has 0 bridgehead atoms. The Labute approximate surface area is 132 Å². The van der Waals surface area contributed by atoms with E-state index in [0.717, 1.165) is 31.8 Å². The third kappa shape index (κ3) is 3.33. The first kappa shape index (κ1) is 15.1. The smallest absolute Gasteiger partial charge is 0.124 e. The van der Waals surface area contributed by atoms with Crippen LogP contribution in [0.3, 0.4) is 0 Å². The molecule has 1 fully saturated rings. The molecule has 0 N–H and O–H groups in total. The van der Waals surface area contributed by atoms with Crippen LogP contribution in [0.2, 0.25) is 0 Å². The average Bonchev–Trinajstić information content (AvgIpc) is 2.91. The normalized spacial score (nSPS) is 17.2. The number of nitrogens with zero attached hydrogens (tertiary/aromatic N) is 3. The molecular formula is C18H25N3O. The van der Waals surface area contributed by atoms with Gasteiger partial charge in [-0.15, -0.1) is 0 Å². The maximum absolute atomic E-state index is 6.00. The molecule has 22 heavy (non-hydrogen) atoms. The molecule has 1 atom stereocenters. The Bertz CT molecular complexity index is 599. The maximum atomic E-state index is 6.00. The number of hydrogen-bond acceptors (Lipinski definition) is 3. The lowest BCUT2D eigenvalue weighted by Gasteiger charge is -2.43. The van der Waals surface area contributed by atoms with Crippen LogP contribution in [-0.4, -0.2) is 39.7 Å². The molecule has 1 aliphatic rings. The molecule has 1 unspecified atom stereocenters. The predicted octanol–water partition coefficient (Wildman–Crippen LogP) is 2.91. The average molecular weight is 299 g/mol. The molecular weight excluding hydrogens is 274 g/mol. The van der Waals surface area contributed by atoms with Crippen LogP contribution >= 0.6 is 0 Å². The summed E-state index contributed by atoms with van der Waals surface area (Å²) >= 11 is 0. The molecule has 3 rings (SSSR count). The van der Waals surface area contributed by atoms with Crippen molar-refractivity contribution in [2.75, 3.05) is 13.1 Å². The zero-order valence-electron chi connectivity index (χ0n) is 13.7. The molecule has 4 nitrogen and oxygen atoms in total. The van der Waals surface area contributed by atoms with Crippen molar-refractivity contribution in [3.8, 4) is 5.75 Å². The Morgan fingerprint density at radius 1 is 1.27 bits per heavy atom. The van der Waals surface area contributed by atoms with Crippen molar-refractivity contribution in [1.82, 2.24) is 14.5 Å². The zero-order valence-corrected chi connectivity index (χ0v) is 13.7. The van der Waals surface area contributed by atoms with Crippen LogP contribution in [0.15, 0.2) is 36.7 Å². The minimum Gasteiger partial charge on any atom is -0.488 e. The first-order valence-electron chi connectivity index (χ1n) is 8.13. The number of hydrogen-bond donors (Lipinski definition) is 0. The summed E-state index contributed by atoms with van der Waals surface area (Å²) in [4.78, 5) is 6.86. The van der Waals surface area contributed by atoms with Gasteiger partial charge in [0.15, 0.2) is 0 Å². The van der Waals surface area contributed by atoms with Gasteiger partial charge in [-0.1, -0.05) is 24.6 Å². The van der Waals surface area contributed by atoms with E-state index in [9.17, 15) is 0 Å². The molecule has 1 aliphatic heterocycles. The third-order valence-electron chi connectivity index (χ3n) is 4.40. The fourth-order valence-electron chi connectivity index (χ4n) is 2.93. The highest BCUT2D eigenvalue weighted by molar-refractivity contribution is 5.26. The minimum atomic E-state index is 0.318. The Kier molecular flexibility index (Phi) is 4.48. The van der Waals surface area contributed by atoms with Crippen LogP contribution in [0, 0.1) is 6.92 Å². The minimum absolute atomic E-state index is 0.318. The van der Waals surface area contributed by atoms with E-state index in [1.54, 1.807) is 0 Å². The number of benzene rings is 1. The van der Waals surface area contributed by atoms with E-state index in [2.05, 4.69) is 65.7 Å². The lowest BCUT2D eigenvalue weighted by molar-refractivity contribution is -0.00878. The molecule has 2 aromatic rings. The molecule has 0 aliphatic carbocycles. The summed E-state index contributed by atoms with van der Waals surface area (Å²) in [5, 5.41) is 0. The number of rotatable bonds is 6. The number of ether oxygens (including phenoxy) is 1. The zero-order chi connectivity index (χ0) is 15.5. The first-order valence-corrected chi connectivity index (χ1v) is 8.13. The molecule has 0 saturated carbocycles. The first-order chi connectivity index (χ1) is 10.7. The van der Waals surface area contributed by atoms with E-state index in [0.29, 0.717) is 12.1 Å². The van der Waals surface area contributed by atoms with Gasteiger partial charge in [0, 0.05) is 44.5 Å². The van der Waals surface area contributed by atoms with Crippen molar-refractivity contribution in [3.05, 3.63) is 48.0 Å². The van der Waals surface area contributed by atoms with Gasteiger partial charge in [0.25, 0.3) is 0 Å². The standard InChI is InChI=1S/C18H25N3O/c1-4-18-19-9-10-20(18)11-15(3)21-12-17(13-21)22-16-7-5-14(2)6-8-16/h5-10,15,17H,4,11-13H2,1-3H3. The molecule has 0 radical (unpaired) electrons. The van der Waals surface area contributed by atoms with Gasteiger partial charge < -0.3 is 9.30 Å². The Hall–Kier alpha value is -1.81. The highest BCUT2D eigenvalue weighted by atomic mass is 16.5. The summed E-state index contributed by atoms with van der Waals surface area (Å²) < 4.78 is 8.27. The Balaban J connectivity index is 1.47. The summed E-state index contributed by atoms with van der Waals surface area (Å²) in [5.41, 5.74) is 1.27. The molecule has 1 aromatic heterocycles. The third-order valence-corrected chi connectivity index (χ3v) is 4.40. The summed E-state index contributed by atoms with van der Waals surface area (Å²) in [6.07, 6.45) is 5.28.